The van der Waals surface area contributed by atoms with Crippen molar-refractivity contribution in [3.05, 3.63) is 49.9 Å². The molecule has 1 aromatic carbocycles. The smallest absolute Gasteiger partial charge is 0.0972 e. The molecule has 0 saturated heterocycles. The van der Waals surface area contributed by atoms with Gasteiger partial charge < -0.3 is 0 Å². The summed E-state index contributed by atoms with van der Waals surface area (Å²) < 4.78 is 0. The van der Waals surface area contributed by atoms with Crippen LogP contribution in [0.4, 0.5) is 0 Å². The molecule has 0 N–H and O–H groups in total. The van der Waals surface area contributed by atoms with E-state index in [2.05, 4.69) is 11.1 Å². The molecular weight excluding hydrogens is 287 g/mol. The number of hydrogen-bond acceptors (Lipinski definition) is 3. The lowest BCUT2D eigenvalue weighted by molar-refractivity contribution is 0.949. The Kier molecular flexibility index (Phi) is 4.60. The summed E-state index contributed by atoms with van der Waals surface area (Å²) >= 11 is 13.6. The normalized spacial score (nSPS) is 10.3. The first-order valence-corrected chi connectivity index (χ1v) is 7.07. The van der Waals surface area contributed by atoms with Crippen LogP contribution in [0.5, 0.6) is 0 Å². The molecule has 2 rings (SSSR count). The Morgan fingerprint density at radius 2 is 2.17 bits per heavy atom. The number of aryl methyl sites for hydroxylation is 1. The first-order valence-electron chi connectivity index (χ1n) is 5.43. The van der Waals surface area contributed by atoms with Gasteiger partial charge in [-0.3, -0.25) is 0 Å². The Morgan fingerprint density at radius 1 is 1.33 bits per heavy atom. The lowest BCUT2D eigenvalue weighted by atomic mass is 10.1. The Labute approximate surface area is 120 Å². The molecule has 1 heterocycles. The highest BCUT2D eigenvalue weighted by Gasteiger charge is 2.06. The first-order chi connectivity index (χ1) is 8.69. The van der Waals surface area contributed by atoms with Crippen LogP contribution in [0.2, 0.25) is 10.0 Å². The van der Waals surface area contributed by atoms with Gasteiger partial charge in [-0.25, -0.2) is 4.98 Å². The minimum Gasteiger partial charge on any atom is -0.246 e. The highest BCUT2D eigenvalue weighted by molar-refractivity contribution is 7.09. The molecule has 0 aliphatic heterocycles. The summed E-state index contributed by atoms with van der Waals surface area (Å²) in [6.07, 6.45) is 1.92. The van der Waals surface area contributed by atoms with Crippen molar-refractivity contribution in [2.24, 2.45) is 0 Å². The average Bonchev–Trinajstić information content (AvgIpc) is 2.78. The van der Waals surface area contributed by atoms with Gasteiger partial charge in [0.05, 0.1) is 16.8 Å². The molecule has 0 amide bonds. The van der Waals surface area contributed by atoms with E-state index in [0.29, 0.717) is 29.3 Å². The van der Waals surface area contributed by atoms with Crippen LogP contribution in [-0.4, -0.2) is 4.98 Å². The van der Waals surface area contributed by atoms with Crippen molar-refractivity contribution in [3.63, 3.8) is 0 Å². The molecule has 0 bridgehead atoms. The first kappa shape index (κ1) is 13.4. The highest BCUT2D eigenvalue weighted by atomic mass is 35.5. The standard InChI is InChI=1S/C13H10Cl2N2S/c14-10-4-3-9(12(15)7-10)6-13-17-11(8-18-13)2-1-5-16/h3-4,7-8H,1-2,6H2. The van der Waals surface area contributed by atoms with Gasteiger partial charge in [0.15, 0.2) is 0 Å². The lowest BCUT2D eigenvalue weighted by Crippen LogP contribution is -1.90. The van der Waals surface area contributed by atoms with E-state index in [1.165, 1.54) is 0 Å². The summed E-state index contributed by atoms with van der Waals surface area (Å²) in [6.45, 7) is 0. The minimum absolute atomic E-state index is 0.505. The van der Waals surface area contributed by atoms with Gasteiger partial charge in [0.2, 0.25) is 0 Å². The van der Waals surface area contributed by atoms with E-state index in [1.54, 1.807) is 17.4 Å². The zero-order valence-corrected chi connectivity index (χ0v) is 11.8. The van der Waals surface area contributed by atoms with E-state index in [1.807, 2.05) is 17.5 Å². The van der Waals surface area contributed by atoms with Crippen LogP contribution in [0, 0.1) is 11.3 Å². The summed E-state index contributed by atoms with van der Waals surface area (Å²) in [6, 6.07) is 7.60. The average molecular weight is 297 g/mol. The molecule has 2 nitrogen and oxygen atoms in total. The van der Waals surface area contributed by atoms with Crippen molar-refractivity contribution in [3.8, 4) is 6.07 Å². The largest absolute Gasteiger partial charge is 0.246 e. The minimum atomic E-state index is 0.505. The molecular formula is C13H10Cl2N2S. The van der Waals surface area contributed by atoms with E-state index in [0.717, 1.165) is 16.3 Å². The maximum Gasteiger partial charge on any atom is 0.0972 e. The predicted molar refractivity (Wildman–Crippen MR) is 75.3 cm³/mol. The second-order valence-corrected chi connectivity index (χ2v) is 5.59. The number of thiazole rings is 1. The van der Waals surface area contributed by atoms with Crippen LogP contribution in [0.15, 0.2) is 23.6 Å². The highest BCUT2D eigenvalue weighted by Crippen LogP contribution is 2.24. The van der Waals surface area contributed by atoms with E-state index >= 15 is 0 Å². The number of rotatable bonds is 4. The van der Waals surface area contributed by atoms with Crippen LogP contribution < -0.4 is 0 Å². The molecule has 0 spiro atoms. The van der Waals surface area contributed by atoms with E-state index in [9.17, 15) is 0 Å². The molecule has 1 aromatic heterocycles. The third-order valence-corrected chi connectivity index (χ3v) is 3.93. The monoisotopic (exact) mass is 296 g/mol. The van der Waals surface area contributed by atoms with Gasteiger partial charge in [-0.1, -0.05) is 29.3 Å². The van der Waals surface area contributed by atoms with Crippen molar-refractivity contribution in [1.29, 1.82) is 5.26 Å². The second kappa shape index (κ2) is 6.19. The molecule has 0 fully saturated rings. The van der Waals surface area contributed by atoms with Gasteiger partial charge >= 0.3 is 0 Å². The molecule has 0 saturated carbocycles. The van der Waals surface area contributed by atoms with Gasteiger partial charge in [0, 0.05) is 34.7 Å². The summed E-state index contributed by atoms with van der Waals surface area (Å²) in [5, 5.41) is 12.8. The zero-order chi connectivity index (χ0) is 13.0. The van der Waals surface area contributed by atoms with Crippen molar-refractivity contribution in [2.45, 2.75) is 19.3 Å². The van der Waals surface area contributed by atoms with E-state index in [4.69, 9.17) is 28.5 Å². The Bertz CT molecular complexity index is 587. The van der Waals surface area contributed by atoms with Gasteiger partial charge in [0.25, 0.3) is 0 Å². The summed E-state index contributed by atoms with van der Waals surface area (Å²) in [5.74, 6) is 0. The van der Waals surface area contributed by atoms with Crippen LogP contribution >= 0.6 is 34.5 Å². The van der Waals surface area contributed by atoms with Gasteiger partial charge in [0.1, 0.15) is 0 Å². The van der Waals surface area contributed by atoms with Crippen LogP contribution in [-0.2, 0) is 12.8 Å². The number of hydrogen-bond donors (Lipinski definition) is 0. The van der Waals surface area contributed by atoms with Gasteiger partial charge in [-0.2, -0.15) is 5.26 Å². The van der Waals surface area contributed by atoms with Crippen LogP contribution in [0.1, 0.15) is 22.7 Å². The van der Waals surface area contributed by atoms with Gasteiger partial charge in [-0.05, 0) is 17.7 Å². The second-order valence-electron chi connectivity index (χ2n) is 3.80. The third kappa shape index (κ3) is 3.46. The molecule has 18 heavy (non-hydrogen) atoms. The molecule has 0 radical (unpaired) electrons. The summed E-state index contributed by atoms with van der Waals surface area (Å²) in [4.78, 5) is 4.48. The maximum absolute atomic E-state index is 8.53. The molecule has 92 valence electrons. The zero-order valence-electron chi connectivity index (χ0n) is 9.49. The van der Waals surface area contributed by atoms with Crippen LogP contribution in [0.3, 0.4) is 0 Å². The number of benzene rings is 1. The molecule has 0 aliphatic rings. The van der Waals surface area contributed by atoms with Crippen molar-refractivity contribution >= 4 is 34.5 Å². The maximum atomic E-state index is 8.53. The molecule has 5 heteroatoms. The SMILES string of the molecule is N#CCCc1csc(Cc2ccc(Cl)cc2Cl)n1. The molecule has 0 atom stereocenters. The van der Waals surface area contributed by atoms with Crippen molar-refractivity contribution in [1.82, 2.24) is 4.98 Å². The van der Waals surface area contributed by atoms with E-state index < -0.39 is 0 Å². The van der Waals surface area contributed by atoms with Crippen LogP contribution in [0.25, 0.3) is 0 Å². The quantitative estimate of drug-likeness (QED) is 0.833. The number of nitriles is 1. The fraction of sp³-hybridized carbons (Fsp3) is 0.231. The fourth-order valence-corrected chi connectivity index (χ4v) is 2.88. The Morgan fingerprint density at radius 3 is 2.89 bits per heavy atom. The van der Waals surface area contributed by atoms with Crippen molar-refractivity contribution < 1.29 is 0 Å². The molecule has 2 aromatic rings. The van der Waals surface area contributed by atoms with Crippen molar-refractivity contribution in [2.75, 3.05) is 0 Å². The number of aromatic nitrogens is 1. The lowest BCUT2D eigenvalue weighted by Gasteiger charge is -2.02. The molecule has 0 unspecified atom stereocenters. The van der Waals surface area contributed by atoms with E-state index in [-0.39, 0.29) is 0 Å². The van der Waals surface area contributed by atoms with Gasteiger partial charge in [-0.15, -0.1) is 11.3 Å². The Balaban J connectivity index is 2.09. The predicted octanol–water partition coefficient (Wildman–Crippen LogP) is 4.50. The number of halogens is 2. The summed E-state index contributed by atoms with van der Waals surface area (Å²) in [7, 11) is 0. The Hall–Kier alpha value is -1.08. The fourth-order valence-electron chi connectivity index (χ4n) is 1.56. The molecule has 0 aliphatic carbocycles. The number of nitrogens with zero attached hydrogens (tertiary/aromatic N) is 2. The topological polar surface area (TPSA) is 36.7 Å². The summed E-state index contributed by atoms with van der Waals surface area (Å²) in [5.41, 5.74) is 1.99. The third-order valence-electron chi connectivity index (χ3n) is 2.45.